The Kier molecular flexibility index (Phi) is 6.32. The first-order chi connectivity index (χ1) is 6.88. The number of carbonyl (C=O) groups is 1. The summed E-state index contributed by atoms with van der Waals surface area (Å²) in [4.78, 5) is 13.3. The lowest BCUT2D eigenvalue weighted by Gasteiger charge is -2.32. The van der Waals surface area contributed by atoms with E-state index in [0.717, 1.165) is 6.54 Å². The maximum Gasteiger partial charge on any atom is 0.407 e. The van der Waals surface area contributed by atoms with Crippen molar-refractivity contribution in [3.8, 4) is 0 Å². The van der Waals surface area contributed by atoms with E-state index < -0.39 is 0 Å². The van der Waals surface area contributed by atoms with Gasteiger partial charge in [0, 0.05) is 24.7 Å². The summed E-state index contributed by atoms with van der Waals surface area (Å²) >= 11 is 0. The molecule has 0 rings (SSSR count). The number of nitrogens with zero attached hydrogens (tertiary/aromatic N) is 1. The summed E-state index contributed by atoms with van der Waals surface area (Å²) in [6.45, 7) is 11.4. The molecule has 0 unspecified atom stereocenters. The van der Waals surface area contributed by atoms with Crippen molar-refractivity contribution in [3.05, 3.63) is 0 Å². The van der Waals surface area contributed by atoms with E-state index in [1.54, 1.807) is 0 Å². The topological polar surface area (TPSA) is 41.6 Å². The van der Waals surface area contributed by atoms with Gasteiger partial charge in [0.2, 0.25) is 0 Å². The molecule has 0 radical (unpaired) electrons. The number of alkyl carbamates (subject to hydrolysis) is 1. The minimum absolute atomic E-state index is 0.0993. The molecular formula is C11H24N2O2. The minimum Gasteiger partial charge on any atom is -0.453 e. The molecule has 1 N–H and O–H groups in total. The van der Waals surface area contributed by atoms with Gasteiger partial charge in [0.15, 0.2) is 0 Å². The van der Waals surface area contributed by atoms with Crippen LogP contribution < -0.4 is 5.32 Å². The summed E-state index contributed by atoms with van der Waals surface area (Å²) in [5, 5.41) is 2.77. The first kappa shape index (κ1) is 14.2. The Labute approximate surface area is 93.0 Å². The van der Waals surface area contributed by atoms with Gasteiger partial charge in [-0.05, 0) is 34.6 Å². The Morgan fingerprint density at radius 3 is 2.00 bits per heavy atom. The number of ether oxygens (including phenoxy) is 1. The molecule has 0 saturated heterocycles. The zero-order valence-corrected chi connectivity index (χ0v) is 10.7. The molecule has 0 aliphatic carbocycles. The molecule has 0 aliphatic heterocycles. The normalized spacial score (nSPS) is 13.4. The lowest BCUT2D eigenvalue weighted by atomic mass is 10.2. The Bertz CT molecular complexity index is 185. The van der Waals surface area contributed by atoms with Crippen LogP contribution >= 0.6 is 0 Å². The molecule has 0 aliphatic rings. The fourth-order valence-corrected chi connectivity index (χ4v) is 1.64. The molecule has 0 bridgehead atoms. The molecule has 0 fully saturated rings. The largest absolute Gasteiger partial charge is 0.453 e. The lowest BCUT2D eigenvalue weighted by molar-refractivity contribution is 0.142. The van der Waals surface area contributed by atoms with Crippen molar-refractivity contribution in [2.24, 2.45) is 0 Å². The molecule has 4 heteroatoms. The monoisotopic (exact) mass is 216 g/mol. The van der Waals surface area contributed by atoms with E-state index in [1.807, 2.05) is 6.92 Å². The van der Waals surface area contributed by atoms with Crippen LogP contribution in [0.2, 0.25) is 0 Å². The van der Waals surface area contributed by atoms with Crippen LogP contribution in [0.5, 0.6) is 0 Å². The van der Waals surface area contributed by atoms with Gasteiger partial charge >= 0.3 is 6.09 Å². The third-order valence-electron chi connectivity index (χ3n) is 2.36. The third-order valence-corrected chi connectivity index (χ3v) is 2.36. The van der Waals surface area contributed by atoms with Crippen molar-refractivity contribution in [2.45, 2.75) is 52.7 Å². The average molecular weight is 216 g/mol. The number of hydrogen-bond acceptors (Lipinski definition) is 3. The Hall–Kier alpha value is -0.770. The van der Waals surface area contributed by atoms with Gasteiger partial charge < -0.3 is 10.1 Å². The van der Waals surface area contributed by atoms with Crippen LogP contribution in [0.1, 0.15) is 34.6 Å². The standard InChI is InChI=1S/C11H24N2O2/c1-8(2)13(9(3)4)7-10(5)12-11(14)15-6/h8-10H,7H2,1-6H3,(H,12,14)/t10-/m0/s1. The number of carbonyl (C=O) groups excluding carboxylic acids is 1. The Balaban J connectivity index is 4.11. The molecule has 0 saturated carbocycles. The Morgan fingerprint density at radius 1 is 1.20 bits per heavy atom. The zero-order chi connectivity index (χ0) is 12.0. The molecule has 15 heavy (non-hydrogen) atoms. The van der Waals surface area contributed by atoms with E-state index in [2.05, 4.69) is 42.6 Å². The molecule has 0 aromatic carbocycles. The molecular weight excluding hydrogens is 192 g/mol. The summed E-state index contributed by atoms with van der Waals surface area (Å²) in [6, 6.07) is 1.06. The summed E-state index contributed by atoms with van der Waals surface area (Å²) in [6.07, 6.45) is -0.366. The summed E-state index contributed by atoms with van der Waals surface area (Å²) in [7, 11) is 1.38. The number of rotatable bonds is 5. The molecule has 90 valence electrons. The maximum atomic E-state index is 11.0. The van der Waals surface area contributed by atoms with Crippen molar-refractivity contribution in [2.75, 3.05) is 13.7 Å². The van der Waals surface area contributed by atoms with Crippen molar-refractivity contribution in [1.29, 1.82) is 0 Å². The minimum atomic E-state index is -0.366. The molecule has 0 aromatic heterocycles. The molecule has 4 nitrogen and oxygen atoms in total. The molecule has 0 spiro atoms. The fourth-order valence-electron chi connectivity index (χ4n) is 1.64. The predicted molar refractivity (Wildman–Crippen MR) is 62.0 cm³/mol. The van der Waals surface area contributed by atoms with Crippen molar-refractivity contribution in [1.82, 2.24) is 10.2 Å². The fraction of sp³-hybridized carbons (Fsp3) is 0.909. The lowest BCUT2D eigenvalue weighted by Crippen LogP contribution is -2.47. The van der Waals surface area contributed by atoms with Gasteiger partial charge in [-0.25, -0.2) is 4.79 Å². The van der Waals surface area contributed by atoms with Crippen LogP contribution in [-0.2, 0) is 4.74 Å². The van der Waals surface area contributed by atoms with E-state index in [0.29, 0.717) is 12.1 Å². The zero-order valence-electron chi connectivity index (χ0n) is 10.7. The van der Waals surface area contributed by atoms with E-state index in [1.165, 1.54) is 7.11 Å². The van der Waals surface area contributed by atoms with Gasteiger partial charge in [-0.3, -0.25) is 4.90 Å². The van der Waals surface area contributed by atoms with Gasteiger partial charge in [-0.15, -0.1) is 0 Å². The van der Waals surface area contributed by atoms with Crippen LogP contribution in [0.3, 0.4) is 0 Å². The highest BCUT2D eigenvalue weighted by molar-refractivity contribution is 5.67. The van der Waals surface area contributed by atoms with E-state index in [9.17, 15) is 4.79 Å². The van der Waals surface area contributed by atoms with Crippen LogP contribution in [0.15, 0.2) is 0 Å². The first-order valence-corrected chi connectivity index (χ1v) is 5.48. The van der Waals surface area contributed by atoms with E-state index >= 15 is 0 Å². The van der Waals surface area contributed by atoms with Crippen LogP contribution in [0.4, 0.5) is 4.79 Å². The van der Waals surface area contributed by atoms with Gasteiger partial charge in [0.25, 0.3) is 0 Å². The predicted octanol–water partition coefficient (Wildman–Crippen LogP) is 1.85. The van der Waals surface area contributed by atoms with Crippen LogP contribution in [0, 0.1) is 0 Å². The first-order valence-electron chi connectivity index (χ1n) is 5.48. The SMILES string of the molecule is COC(=O)N[C@@H](C)CN(C(C)C)C(C)C. The number of hydrogen-bond donors (Lipinski definition) is 1. The Morgan fingerprint density at radius 2 is 1.67 bits per heavy atom. The number of amides is 1. The molecule has 1 atom stereocenters. The quantitative estimate of drug-likeness (QED) is 0.762. The van der Waals surface area contributed by atoms with Crippen molar-refractivity contribution >= 4 is 6.09 Å². The van der Waals surface area contributed by atoms with Crippen LogP contribution in [0.25, 0.3) is 0 Å². The van der Waals surface area contributed by atoms with Crippen molar-refractivity contribution < 1.29 is 9.53 Å². The van der Waals surface area contributed by atoms with Gasteiger partial charge in [-0.1, -0.05) is 0 Å². The second-order valence-electron chi connectivity index (χ2n) is 4.42. The van der Waals surface area contributed by atoms with Gasteiger partial charge in [0.05, 0.1) is 7.11 Å². The molecule has 0 heterocycles. The molecule has 1 amide bonds. The highest BCUT2D eigenvalue weighted by Gasteiger charge is 2.17. The highest BCUT2D eigenvalue weighted by Crippen LogP contribution is 2.05. The second-order valence-corrected chi connectivity index (χ2v) is 4.42. The smallest absolute Gasteiger partial charge is 0.407 e. The van der Waals surface area contributed by atoms with Crippen molar-refractivity contribution in [3.63, 3.8) is 0 Å². The van der Waals surface area contributed by atoms with E-state index in [4.69, 9.17) is 0 Å². The average Bonchev–Trinajstić information content (AvgIpc) is 2.12. The van der Waals surface area contributed by atoms with E-state index in [-0.39, 0.29) is 12.1 Å². The number of methoxy groups -OCH3 is 1. The maximum absolute atomic E-state index is 11.0. The van der Waals surface area contributed by atoms with Crippen LogP contribution in [-0.4, -0.2) is 42.8 Å². The van der Waals surface area contributed by atoms with Gasteiger partial charge in [0.1, 0.15) is 0 Å². The number of nitrogens with one attached hydrogen (secondary N) is 1. The summed E-state index contributed by atoms with van der Waals surface area (Å²) < 4.78 is 4.55. The third kappa shape index (κ3) is 5.62. The summed E-state index contributed by atoms with van der Waals surface area (Å²) in [5.41, 5.74) is 0. The second kappa shape index (κ2) is 6.67. The molecule has 0 aromatic rings. The summed E-state index contributed by atoms with van der Waals surface area (Å²) in [5.74, 6) is 0. The van der Waals surface area contributed by atoms with Gasteiger partial charge in [-0.2, -0.15) is 0 Å². The highest BCUT2D eigenvalue weighted by atomic mass is 16.5.